The highest BCUT2D eigenvalue weighted by atomic mass is 16.5. The van der Waals surface area contributed by atoms with Crippen molar-refractivity contribution in [3.63, 3.8) is 0 Å². The molecule has 0 atom stereocenters. The van der Waals surface area contributed by atoms with Gasteiger partial charge in [0.05, 0.1) is 7.11 Å². The predicted molar refractivity (Wildman–Crippen MR) is 95.9 cm³/mol. The zero-order valence-electron chi connectivity index (χ0n) is 14.3. The molecule has 1 aliphatic heterocycles. The normalized spacial score (nSPS) is 14.5. The molecule has 2 aromatic rings. The van der Waals surface area contributed by atoms with Crippen molar-refractivity contribution < 1.29 is 14.3 Å². The molecule has 124 valence electrons. The Bertz CT molecular complexity index is 822. The van der Waals surface area contributed by atoms with Crippen LogP contribution in [0.5, 0.6) is 11.5 Å². The molecule has 0 aliphatic carbocycles. The summed E-state index contributed by atoms with van der Waals surface area (Å²) in [5.74, 6) is 1.37. The third kappa shape index (κ3) is 3.27. The van der Waals surface area contributed by atoms with E-state index in [2.05, 4.69) is 5.32 Å². The molecule has 0 aromatic heterocycles. The summed E-state index contributed by atoms with van der Waals surface area (Å²) in [4.78, 5) is 12.5. The second-order valence-corrected chi connectivity index (χ2v) is 6.43. The minimum absolute atomic E-state index is 0.165. The molecule has 1 N–H and O–H groups in total. The molecule has 4 nitrogen and oxygen atoms in total. The molecule has 4 heteroatoms. The molecule has 24 heavy (non-hydrogen) atoms. The Hall–Kier alpha value is -2.75. The number of carbonyl (C=O) groups is 1. The number of ether oxygens (including phenoxy) is 2. The van der Waals surface area contributed by atoms with Crippen molar-refractivity contribution in [2.24, 2.45) is 0 Å². The Morgan fingerprint density at radius 3 is 2.71 bits per heavy atom. The third-order valence-electron chi connectivity index (χ3n) is 3.98. The van der Waals surface area contributed by atoms with Crippen molar-refractivity contribution in [3.05, 3.63) is 59.2 Å². The lowest BCUT2D eigenvalue weighted by molar-refractivity contribution is 0.102. The van der Waals surface area contributed by atoms with Crippen LogP contribution in [-0.2, 0) is 0 Å². The molecule has 1 amide bonds. The van der Waals surface area contributed by atoms with Crippen molar-refractivity contribution in [1.82, 2.24) is 0 Å². The van der Waals surface area contributed by atoms with Crippen molar-refractivity contribution in [2.45, 2.75) is 26.4 Å². The van der Waals surface area contributed by atoms with Gasteiger partial charge in [0.2, 0.25) is 0 Å². The van der Waals surface area contributed by atoms with Crippen LogP contribution in [0.1, 0.15) is 35.3 Å². The number of fused-ring (bicyclic) bond motifs is 1. The fourth-order valence-electron chi connectivity index (χ4n) is 2.62. The minimum atomic E-state index is -0.324. The molecule has 0 saturated heterocycles. The monoisotopic (exact) mass is 323 g/mol. The lowest BCUT2D eigenvalue weighted by Gasteiger charge is -2.27. The predicted octanol–water partition coefficient (Wildman–Crippen LogP) is 4.44. The van der Waals surface area contributed by atoms with Crippen LogP contribution in [-0.4, -0.2) is 18.6 Å². The Morgan fingerprint density at radius 2 is 1.96 bits per heavy atom. The first-order valence-corrected chi connectivity index (χ1v) is 7.86. The lowest BCUT2D eigenvalue weighted by atomic mass is 10.0. The summed E-state index contributed by atoms with van der Waals surface area (Å²) in [7, 11) is 1.62. The standard InChI is InChI=1S/C20H21NO3/c1-13-5-7-16(12-18(13)23-4)21-19(22)15-6-8-17-14(11-15)9-10-20(2,3)24-17/h5-12H,1-4H3,(H,21,22). The zero-order valence-corrected chi connectivity index (χ0v) is 14.3. The Balaban J connectivity index is 1.81. The Morgan fingerprint density at radius 1 is 1.17 bits per heavy atom. The van der Waals surface area contributed by atoms with E-state index < -0.39 is 0 Å². The van der Waals surface area contributed by atoms with Crippen LogP contribution in [0, 0.1) is 6.92 Å². The van der Waals surface area contributed by atoms with Crippen LogP contribution >= 0.6 is 0 Å². The summed E-state index contributed by atoms with van der Waals surface area (Å²) in [6, 6.07) is 11.0. The number of hydrogen-bond acceptors (Lipinski definition) is 3. The van der Waals surface area contributed by atoms with E-state index in [1.807, 2.05) is 63.3 Å². The van der Waals surface area contributed by atoms with Crippen molar-refractivity contribution in [3.8, 4) is 11.5 Å². The maximum Gasteiger partial charge on any atom is 0.255 e. The fraction of sp³-hybridized carbons (Fsp3) is 0.250. The first kappa shape index (κ1) is 16.1. The number of benzene rings is 2. The van der Waals surface area contributed by atoms with Gasteiger partial charge >= 0.3 is 0 Å². The third-order valence-corrected chi connectivity index (χ3v) is 3.98. The highest BCUT2D eigenvalue weighted by molar-refractivity contribution is 6.04. The maximum atomic E-state index is 12.5. The molecule has 0 spiro atoms. The lowest BCUT2D eigenvalue weighted by Crippen LogP contribution is -2.27. The molecule has 0 bridgehead atoms. The summed E-state index contributed by atoms with van der Waals surface area (Å²) >= 11 is 0. The van der Waals surface area contributed by atoms with Gasteiger partial charge in [-0.05, 0) is 56.7 Å². The SMILES string of the molecule is COc1cc(NC(=O)c2ccc3c(c2)C=CC(C)(C)O3)ccc1C. The molecular weight excluding hydrogens is 302 g/mol. The van der Waals surface area contributed by atoms with E-state index in [-0.39, 0.29) is 11.5 Å². The van der Waals surface area contributed by atoms with Gasteiger partial charge in [-0.3, -0.25) is 4.79 Å². The average molecular weight is 323 g/mol. The van der Waals surface area contributed by atoms with E-state index in [0.29, 0.717) is 11.3 Å². The summed E-state index contributed by atoms with van der Waals surface area (Å²) in [6.07, 6.45) is 3.98. The van der Waals surface area contributed by atoms with E-state index in [9.17, 15) is 4.79 Å². The number of rotatable bonds is 3. The van der Waals surface area contributed by atoms with Gasteiger partial charge in [-0.1, -0.05) is 12.1 Å². The topological polar surface area (TPSA) is 47.6 Å². The van der Waals surface area contributed by atoms with Gasteiger partial charge in [0.1, 0.15) is 17.1 Å². The number of nitrogens with one attached hydrogen (secondary N) is 1. The number of hydrogen-bond donors (Lipinski definition) is 1. The van der Waals surface area contributed by atoms with E-state index in [1.54, 1.807) is 13.2 Å². The van der Waals surface area contributed by atoms with Crippen LogP contribution in [0.15, 0.2) is 42.5 Å². The summed E-state index contributed by atoms with van der Waals surface area (Å²) in [5, 5.41) is 2.90. The van der Waals surface area contributed by atoms with Crippen molar-refractivity contribution in [2.75, 3.05) is 12.4 Å². The zero-order chi connectivity index (χ0) is 17.3. The first-order valence-electron chi connectivity index (χ1n) is 7.86. The van der Waals surface area contributed by atoms with Gasteiger partial charge in [0.25, 0.3) is 5.91 Å². The van der Waals surface area contributed by atoms with Crippen molar-refractivity contribution in [1.29, 1.82) is 0 Å². The largest absolute Gasteiger partial charge is 0.496 e. The van der Waals surface area contributed by atoms with Gasteiger partial charge < -0.3 is 14.8 Å². The quantitative estimate of drug-likeness (QED) is 0.908. The molecule has 0 unspecified atom stereocenters. The first-order chi connectivity index (χ1) is 11.4. The van der Waals surface area contributed by atoms with Gasteiger partial charge in [-0.25, -0.2) is 0 Å². The number of methoxy groups -OCH3 is 1. The number of carbonyl (C=O) groups excluding carboxylic acids is 1. The molecule has 1 heterocycles. The van der Waals surface area contributed by atoms with E-state index in [1.165, 1.54) is 0 Å². The number of anilines is 1. The highest BCUT2D eigenvalue weighted by Gasteiger charge is 2.22. The van der Waals surface area contributed by atoms with Gasteiger partial charge in [-0.15, -0.1) is 0 Å². The van der Waals surface area contributed by atoms with Crippen LogP contribution in [0.3, 0.4) is 0 Å². The van der Waals surface area contributed by atoms with Crippen LogP contribution < -0.4 is 14.8 Å². The summed E-state index contributed by atoms with van der Waals surface area (Å²) in [6.45, 7) is 5.96. The highest BCUT2D eigenvalue weighted by Crippen LogP contribution is 2.31. The van der Waals surface area contributed by atoms with Gasteiger partial charge in [0.15, 0.2) is 0 Å². The maximum absolute atomic E-state index is 12.5. The van der Waals surface area contributed by atoms with Crippen molar-refractivity contribution >= 4 is 17.7 Å². The molecular formula is C20H21NO3. The summed E-state index contributed by atoms with van der Waals surface area (Å²) < 4.78 is 11.2. The molecule has 0 fully saturated rings. The van der Waals surface area contributed by atoms with E-state index >= 15 is 0 Å². The minimum Gasteiger partial charge on any atom is -0.496 e. The fourth-order valence-corrected chi connectivity index (χ4v) is 2.62. The van der Waals surface area contributed by atoms with Crippen LogP contribution in [0.25, 0.3) is 6.08 Å². The second kappa shape index (κ2) is 6.04. The Kier molecular flexibility index (Phi) is 4.06. The Labute approximate surface area is 142 Å². The number of amides is 1. The number of aryl methyl sites for hydroxylation is 1. The summed E-state index contributed by atoms with van der Waals surface area (Å²) in [5.41, 5.74) is 2.89. The second-order valence-electron chi connectivity index (χ2n) is 6.43. The van der Waals surface area contributed by atoms with Crippen LogP contribution in [0.4, 0.5) is 5.69 Å². The van der Waals surface area contributed by atoms with E-state index in [0.717, 1.165) is 22.6 Å². The van der Waals surface area contributed by atoms with E-state index in [4.69, 9.17) is 9.47 Å². The van der Waals surface area contributed by atoms with Crippen LogP contribution in [0.2, 0.25) is 0 Å². The molecule has 0 radical (unpaired) electrons. The molecule has 3 rings (SSSR count). The smallest absolute Gasteiger partial charge is 0.255 e. The van der Waals surface area contributed by atoms with Gasteiger partial charge in [0, 0.05) is 22.9 Å². The molecule has 0 saturated carbocycles. The van der Waals surface area contributed by atoms with Gasteiger partial charge in [-0.2, -0.15) is 0 Å². The molecule has 1 aliphatic rings. The average Bonchev–Trinajstić information content (AvgIpc) is 2.55. The molecule has 2 aromatic carbocycles.